The first-order valence-corrected chi connectivity index (χ1v) is 6.37. The van der Waals surface area contributed by atoms with E-state index in [1.165, 1.54) is 6.08 Å². The van der Waals surface area contributed by atoms with Crippen molar-refractivity contribution in [2.24, 2.45) is 0 Å². The average Bonchev–Trinajstić information content (AvgIpc) is 2.64. The fourth-order valence-corrected chi connectivity index (χ4v) is 2.42. The molecular weight excluding hydrogens is 264 g/mol. The maximum atomic E-state index is 10.6. The van der Waals surface area contributed by atoms with Gasteiger partial charge in [0.25, 0.3) is 0 Å². The first-order valence-electron chi connectivity index (χ1n) is 5.99. The number of fused-ring (bicyclic) bond motifs is 1. The van der Waals surface area contributed by atoms with Crippen molar-refractivity contribution >= 4 is 34.7 Å². The van der Waals surface area contributed by atoms with E-state index in [1.54, 1.807) is 0 Å². The molecule has 100 valence electrons. The number of carboxylic acid groups (broad SMARTS) is 1. The Morgan fingerprint density at radius 3 is 2.74 bits per heavy atom. The van der Waals surface area contributed by atoms with Crippen LogP contribution in [0.25, 0.3) is 17.1 Å². The Kier molecular flexibility index (Phi) is 3.62. The topological polar surface area (TPSA) is 55.1 Å². The first kappa shape index (κ1) is 13.6. The lowest BCUT2D eigenvalue weighted by Gasteiger charge is -2.11. The molecule has 1 N–H and O–H groups in total. The third-order valence-corrected chi connectivity index (χ3v) is 3.10. The lowest BCUT2D eigenvalue weighted by Crippen LogP contribution is -2.03. The molecule has 0 spiro atoms. The molecule has 2 aromatic rings. The largest absolute Gasteiger partial charge is 0.478 e. The number of aliphatic carboxylic acids is 1. The summed E-state index contributed by atoms with van der Waals surface area (Å²) in [6, 6.07) is 4.02. The Bertz CT molecular complexity index is 672. The van der Waals surface area contributed by atoms with Crippen LogP contribution < -0.4 is 0 Å². The molecule has 0 saturated carbocycles. The second-order valence-electron chi connectivity index (χ2n) is 4.72. The molecule has 4 nitrogen and oxygen atoms in total. The quantitative estimate of drug-likeness (QED) is 0.872. The zero-order valence-electron chi connectivity index (χ0n) is 11.0. The molecule has 0 aliphatic heterocycles. The van der Waals surface area contributed by atoms with Gasteiger partial charge in [-0.05, 0) is 44.5 Å². The molecule has 0 bridgehead atoms. The van der Waals surface area contributed by atoms with E-state index in [4.69, 9.17) is 16.7 Å². The summed E-state index contributed by atoms with van der Waals surface area (Å²) in [5, 5.41) is 9.31. The fourth-order valence-electron chi connectivity index (χ4n) is 2.11. The Balaban J connectivity index is 2.74. The molecule has 1 heterocycles. The standard InChI is InChI=1S/C14H15ClN2O2/c1-8(2)17-11-7-9(3)6-10(15)14(11)16-12(17)4-5-13(18)19/h4-8H,1-3H3,(H,18,19)/b5-4+. The number of aromatic nitrogens is 2. The van der Waals surface area contributed by atoms with E-state index >= 15 is 0 Å². The number of benzene rings is 1. The fraction of sp³-hybridized carbons (Fsp3) is 0.286. The molecule has 0 aliphatic carbocycles. The number of hydrogen-bond acceptors (Lipinski definition) is 2. The molecule has 0 unspecified atom stereocenters. The third-order valence-electron chi connectivity index (χ3n) is 2.81. The van der Waals surface area contributed by atoms with E-state index < -0.39 is 5.97 Å². The molecule has 5 heteroatoms. The molecule has 0 amide bonds. The minimum Gasteiger partial charge on any atom is -0.478 e. The van der Waals surface area contributed by atoms with Gasteiger partial charge in [-0.2, -0.15) is 0 Å². The van der Waals surface area contributed by atoms with Gasteiger partial charge in [0.1, 0.15) is 11.3 Å². The van der Waals surface area contributed by atoms with Crippen LogP contribution in [0.5, 0.6) is 0 Å². The van der Waals surface area contributed by atoms with Crippen molar-refractivity contribution < 1.29 is 9.90 Å². The van der Waals surface area contributed by atoms with Crippen LogP contribution in [-0.4, -0.2) is 20.6 Å². The van der Waals surface area contributed by atoms with Gasteiger partial charge in [0, 0.05) is 12.1 Å². The summed E-state index contributed by atoms with van der Waals surface area (Å²) >= 11 is 6.20. The Labute approximate surface area is 116 Å². The molecule has 0 saturated heterocycles. The van der Waals surface area contributed by atoms with E-state index in [0.717, 1.165) is 17.2 Å². The van der Waals surface area contributed by atoms with Gasteiger partial charge >= 0.3 is 5.97 Å². The number of halogens is 1. The summed E-state index contributed by atoms with van der Waals surface area (Å²) in [5.74, 6) is -0.399. The van der Waals surface area contributed by atoms with Crippen LogP contribution in [-0.2, 0) is 4.79 Å². The molecule has 0 aliphatic rings. The molecule has 0 radical (unpaired) electrons. The predicted octanol–water partition coefficient (Wildman–Crippen LogP) is 3.68. The minimum absolute atomic E-state index is 0.163. The van der Waals surface area contributed by atoms with Crippen molar-refractivity contribution in [3.8, 4) is 0 Å². The Morgan fingerprint density at radius 2 is 2.16 bits per heavy atom. The van der Waals surface area contributed by atoms with Gasteiger partial charge in [-0.1, -0.05) is 11.6 Å². The second kappa shape index (κ2) is 5.05. The highest BCUT2D eigenvalue weighted by molar-refractivity contribution is 6.35. The van der Waals surface area contributed by atoms with Crippen molar-refractivity contribution in [1.82, 2.24) is 9.55 Å². The predicted molar refractivity (Wildman–Crippen MR) is 76.5 cm³/mol. The lowest BCUT2D eigenvalue weighted by molar-refractivity contribution is -0.131. The summed E-state index contributed by atoms with van der Waals surface area (Å²) in [6.45, 7) is 6.01. The van der Waals surface area contributed by atoms with Gasteiger partial charge in [0.2, 0.25) is 0 Å². The van der Waals surface area contributed by atoms with Crippen LogP contribution >= 0.6 is 11.6 Å². The van der Waals surface area contributed by atoms with Crippen LogP contribution in [0.15, 0.2) is 18.2 Å². The van der Waals surface area contributed by atoms with Gasteiger partial charge in [-0.15, -0.1) is 0 Å². The zero-order valence-corrected chi connectivity index (χ0v) is 11.8. The summed E-state index contributed by atoms with van der Waals surface area (Å²) in [4.78, 5) is 15.1. The molecule has 2 rings (SSSR count). The van der Waals surface area contributed by atoms with E-state index in [1.807, 2.05) is 37.5 Å². The average molecular weight is 279 g/mol. The van der Waals surface area contributed by atoms with Gasteiger partial charge in [-0.25, -0.2) is 9.78 Å². The van der Waals surface area contributed by atoms with E-state index in [9.17, 15) is 4.79 Å². The van der Waals surface area contributed by atoms with E-state index in [-0.39, 0.29) is 6.04 Å². The van der Waals surface area contributed by atoms with Crippen molar-refractivity contribution in [1.29, 1.82) is 0 Å². The van der Waals surface area contributed by atoms with Gasteiger partial charge in [0.15, 0.2) is 0 Å². The van der Waals surface area contributed by atoms with E-state index in [0.29, 0.717) is 16.4 Å². The molecule has 1 aromatic heterocycles. The van der Waals surface area contributed by atoms with Crippen LogP contribution in [0.1, 0.15) is 31.3 Å². The SMILES string of the molecule is Cc1cc(Cl)c2nc(/C=C/C(=O)O)n(C(C)C)c2c1. The molecular formula is C14H15ClN2O2. The van der Waals surface area contributed by atoms with Gasteiger partial charge in [0.05, 0.1) is 10.5 Å². The maximum absolute atomic E-state index is 10.6. The van der Waals surface area contributed by atoms with Crippen molar-refractivity contribution in [3.05, 3.63) is 34.6 Å². The zero-order chi connectivity index (χ0) is 14.2. The molecule has 0 atom stereocenters. The van der Waals surface area contributed by atoms with Crippen molar-refractivity contribution in [3.63, 3.8) is 0 Å². The summed E-state index contributed by atoms with van der Waals surface area (Å²) in [5.41, 5.74) is 2.67. The lowest BCUT2D eigenvalue weighted by atomic mass is 10.2. The summed E-state index contributed by atoms with van der Waals surface area (Å²) in [6.07, 6.45) is 2.58. The smallest absolute Gasteiger partial charge is 0.328 e. The number of hydrogen-bond donors (Lipinski definition) is 1. The van der Waals surface area contributed by atoms with Crippen LogP contribution in [0.3, 0.4) is 0 Å². The summed E-state index contributed by atoms with van der Waals surface area (Å²) < 4.78 is 1.98. The minimum atomic E-state index is -0.996. The first-order chi connectivity index (χ1) is 8.90. The van der Waals surface area contributed by atoms with Crippen LogP contribution in [0, 0.1) is 6.92 Å². The monoisotopic (exact) mass is 278 g/mol. The highest BCUT2D eigenvalue weighted by Crippen LogP contribution is 2.28. The number of rotatable bonds is 3. The highest BCUT2D eigenvalue weighted by Gasteiger charge is 2.14. The normalized spacial score (nSPS) is 11.8. The molecule has 19 heavy (non-hydrogen) atoms. The maximum Gasteiger partial charge on any atom is 0.328 e. The van der Waals surface area contributed by atoms with Crippen LogP contribution in [0.4, 0.5) is 0 Å². The number of imidazole rings is 1. The molecule has 0 fully saturated rings. The number of carboxylic acids is 1. The Hall–Kier alpha value is -1.81. The third kappa shape index (κ3) is 2.63. The van der Waals surface area contributed by atoms with Crippen LogP contribution in [0.2, 0.25) is 5.02 Å². The van der Waals surface area contributed by atoms with Crippen molar-refractivity contribution in [2.45, 2.75) is 26.8 Å². The van der Waals surface area contributed by atoms with Gasteiger partial charge < -0.3 is 9.67 Å². The number of carbonyl (C=O) groups is 1. The van der Waals surface area contributed by atoms with Crippen molar-refractivity contribution in [2.75, 3.05) is 0 Å². The number of nitrogens with zero attached hydrogens (tertiary/aromatic N) is 2. The molecule has 1 aromatic carbocycles. The van der Waals surface area contributed by atoms with Gasteiger partial charge in [-0.3, -0.25) is 0 Å². The van der Waals surface area contributed by atoms with E-state index in [2.05, 4.69) is 4.98 Å². The Morgan fingerprint density at radius 1 is 1.47 bits per heavy atom. The second-order valence-corrected chi connectivity index (χ2v) is 5.13. The number of aryl methyl sites for hydroxylation is 1. The highest BCUT2D eigenvalue weighted by atomic mass is 35.5. The summed E-state index contributed by atoms with van der Waals surface area (Å²) in [7, 11) is 0.